The van der Waals surface area contributed by atoms with Crippen LogP contribution in [0.15, 0.2) is 42.5 Å². The number of hydrogen-bond acceptors (Lipinski definition) is 2. The Bertz CT molecular complexity index is 751. The molecule has 2 N–H and O–H groups in total. The van der Waals surface area contributed by atoms with Gasteiger partial charge in [0.15, 0.2) is 0 Å². The fourth-order valence-corrected chi connectivity index (χ4v) is 2.33. The highest BCUT2D eigenvalue weighted by atomic mass is 16.2. The minimum atomic E-state index is -0.246. The first kappa shape index (κ1) is 17.7. The molecule has 4 heteroatoms. The summed E-state index contributed by atoms with van der Waals surface area (Å²) >= 11 is 0. The number of rotatable bonds is 5. The van der Waals surface area contributed by atoms with Crippen molar-refractivity contribution in [2.45, 2.75) is 33.6 Å². The summed E-state index contributed by atoms with van der Waals surface area (Å²) in [4.78, 5) is 24.1. The van der Waals surface area contributed by atoms with Crippen LogP contribution in [0, 0.1) is 13.8 Å². The van der Waals surface area contributed by atoms with Crippen molar-refractivity contribution in [3.63, 3.8) is 0 Å². The van der Waals surface area contributed by atoms with Crippen LogP contribution in [0.2, 0.25) is 0 Å². The molecular formula is C20H24N2O2. The van der Waals surface area contributed by atoms with Crippen LogP contribution in [-0.2, 0) is 4.79 Å². The molecule has 2 aromatic carbocycles. The molecule has 0 fully saturated rings. The number of hydrogen-bond donors (Lipinski definition) is 2. The molecule has 0 spiro atoms. The molecule has 0 unspecified atom stereocenters. The number of aryl methyl sites for hydroxylation is 2. The summed E-state index contributed by atoms with van der Waals surface area (Å²) in [5.41, 5.74) is 4.65. The molecule has 0 atom stereocenters. The third kappa shape index (κ3) is 4.69. The second-order valence-electron chi connectivity index (χ2n) is 6.31. The van der Waals surface area contributed by atoms with E-state index in [0.29, 0.717) is 11.5 Å². The van der Waals surface area contributed by atoms with Gasteiger partial charge in [0.05, 0.1) is 6.54 Å². The Morgan fingerprint density at radius 2 is 1.75 bits per heavy atom. The molecule has 24 heavy (non-hydrogen) atoms. The average molecular weight is 324 g/mol. The second-order valence-corrected chi connectivity index (χ2v) is 6.31. The summed E-state index contributed by atoms with van der Waals surface area (Å²) in [6, 6.07) is 13.2. The van der Waals surface area contributed by atoms with Gasteiger partial charge in [-0.3, -0.25) is 9.59 Å². The first-order valence-corrected chi connectivity index (χ1v) is 8.12. The third-order valence-electron chi connectivity index (χ3n) is 4.02. The monoisotopic (exact) mass is 324 g/mol. The van der Waals surface area contributed by atoms with Gasteiger partial charge in [0.1, 0.15) is 0 Å². The van der Waals surface area contributed by atoms with Gasteiger partial charge in [0.25, 0.3) is 5.91 Å². The van der Waals surface area contributed by atoms with Crippen molar-refractivity contribution in [2.75, 3.05) is 11.9 Å². The minimum absolute atomic E-state index is 0.0579. The van der Waals surface area contributed by atoms with Gasteiger partial charge in [-0.05, 0) is 60.7 Å². The van der Waals surface area contributed by atoms with E-state index >= 15 is 0 Å². The molecule has 0 aliphatic rings. The number of nitrogens with one attached hydrogen (secondary N) is 2. The van der Waals surface area contributed by atoms with E-state index in [1.807, 2.05) is 50.2 Å². The lowest BCUT2D eigenvalue weighted by atomic mass is 10.0. The van der Waals surface area contributed by atoms with Crippen molar-refractivity contribution in [1.82, 2.24) is 5.32 Å². The Morgan fingerprint density at radius 3 is 2.42 bits per heavy atom. The van der Waals surface area contributed by atoms with Gasteiger partial charge in [-0.15, -0.1) is 0 Å². The second kappa shape index (κ2) is 7.77. The highest BCUT2D eigenvalue weighted by Crippen LogP contribution is 2.18. The van der Waals surface area contributed by atoms with Gasteiger partial charge >= 0.3 is 0 Å². The summed E-state index contributed by atoms with van der Waals surface area (Å²) in [7, 11) is 0. The largest absolute Gasteiger partial charge is 0.343 e. The van der Waals surface area contributed by atoms with Crippen LogP contribution in [0.3, 0.4) is 0 Å². The molecule has 4 nitrogen and oxygen atoms in total. The number of carbonyl (C=O) groups is 2. The summed E-state index contributed by atoms with van der Waals surface area (Å²) in [5.74, 6) is -0.0939. The number of amides is 2. The van der Waals surface area contributed by atoms with Gasteiger partial charge in [-0.1, -0.05) is 32.0 Å². The average Bonchev–Trinajstić information content (AvgIpc) is 2.55. The van der Waals surface area contributed by atoms with Crippen LogP contribution in [0.1, 0.15) is 46.8 Å². The fourth-order valence-electron chi connectivity index (χ4n) is 2.33. The number of carbonyl (C=O) groups excluding carboxylic acids is 2. The van der Waals surface area contributed by atoms with Crippen LogP contribution in [0.5, 0.6) is 0 Å². The van der Waals surface area contributed by atoms with Gasteiger partial charge in [0.2, 0.25) is 5.91 Å². The van der Waals surface area contributed by atoms with Crippen LogP contribution in [-0.4, -0.2) is 18.4 Å². The zero-order valence-corrected chi connectivity index (χ0v) is 14.6. The van der Waals surface area contributed by atoms with Gasteiger partial charge in [-0.2, -0.15) is 0 Å². The molecule has 0 aliphatic heterocycles. The predicted molar refractivity (Wildman–Crippen MR) is 97.4 cm³/mol. The Labute approximate surface area is 143 Å². The maximum atomic E-state index is 12.1. The van der Waals surface area contributed by atoms with Gasteiger partial charge in [0, 0.05) is 11.3 Å². The van der Waals surface area contributed by atoms with Crippen molar-refractivity contribution in [1.29, 1.82) is 0 Å². The van der Waals surface area contributed by atoms with Crippen molar-refractivity contribution in [3.8, 4) is 0 Å². The van der Waals surface area contributed by atoms with E-state index in [1.54, 1.807) is 6.07 Å². The minimum Gasteiger partial charge on any atom is -0.343 e. The van der Waals surface area contributed by atoms with Crippen molar-refractivity contribution in [2.24, 2.45) is 0 Å². The Balaban J connectivity index is 1.92. The third-order valence-corrected chi connectivity index (χ3v) is 4.02. The predicted octanol–water partition coefficient (Wildman–Crippen LogP) is 3.80. The summed E-state index contributed by atoms with van der Waals surface area (Å²) in [5, 5.41) is 5.46. The molecule has 0 heterocycles. The van der Waals surface area contributed by atoms with Crippen molar-refractivity contribution >= 4 is 17.5 Å². The highest BCUT2D eigenvalue weighted by molar-refractivity contribution is 5.99. The molecule has 0 saturated carbocycles. The van der Waals surface area contributed by atoms with E-state index in [-0.39, 0.29) is 18.4 Å². The van der Waals surface area contributed by atoms with E-state index in [1.165, 1.54) is 0 Å². The topological polar surface area (TPSA) is 58.2 Å². The number of benzene rings is 2. The van der Waals surface area contributed by atoms with Gasteiger partial charge < -0.3 is 10.6 Å². The van der Waals surface area contributed by atoms with E-state index in [9.17, 15) is 9.59 Å². The lowest BCUT2D eigenvalue weighted by Gasteiger charge is -2.10. The highest BCUT2D eigenvalue weighted by Gasteiger charge is 2.09. The lowest BCUT2D eigenvalue weighted by molar-refractivity contribution is -0.115. The fraction of sp³-hybridized carbons (Fsp3) is 0.300. The lowest BCUT2D eigenvalue weighted by Crippen LogP contribution is -2.32. The summed E-state index contributed by atoms with van der Waals surface area (Å²) in [6.07, 6.45) is 0. The van der Waals surface area contributed by atoms with Crippen LogP contribution in [0.25, 0.3) is 0 Å². The maximum absolute atomic E-state index is 12.1. The first-order chi connectivity index (χ1) is 11.4. The normalized spacial score (nSPS) is 10.5. The first-order valence-electron chi connectivity index (χ1n) is 8.12. The quantitative estimate of drug-likeness (QED) is 0.879. The SMILES string of the molecule is Cc1ccc(C(=O)NCC(=O)Nc2cccc(C(C)C)c2)cc1C. The smallest absolute Gasteiger partial charge is 0.251 e. The van der Waals surface area contributed by atoms with E-state index in [4.69, 9.17) is 0 Å². The Morgan fingerprint density at radius 1 is 1.00 bits per heavy atom. The summed E-state index contributed by atoms with van der Waals surface area (Å²) < 4.78 is 0. The molecule has 0 radical (unpaired) electrons. The van der Waals surface area contributed by atoms with E-state index in [0.717, 1.165) is 22.4 Å². The molecule has 0 bridgehead atoms. The van der Waals surface area contributed by atoms with E-state index in [2.05, 4.69) is 24.5 Å². The molecule has 0 saturated heterocycles. The van der Waals surface area contributed by atoms with Crippen LogP contribution >= 0.6 is 0 Å². The molecule has 2 aromatic rings. The molecule has 126 valence electrons. The van der Waals surface area contributed by atoms with Crippen molar-refractivity contribution < 1.29 is 9.59 Å². The van der Waals surface area contributed by atoms with Crippen LogP contribution < -0.4 is 10.6 Å². The zero-order chi connectivity index (χ0) is 17.7. The Hall–Kier alpha value is -2.62. The molecule has 0 aromatic heterocycles. The molecular weight excluding hydrogens is 300 g/mol. The van der Waals surface area contributed by atoms with Crippen LogP contribution in [0.4, 0.5) is 5.69 Å². The van der Waals surface area contributed by atoms with E-state index < -0.39 is 0 Å². The molecule has 2 rings (SSSR count). The van der Waals surface area contributed by atoms with Crippen molar-refractivity contribution in [3.05, 3.63) is 64.7 Å². The number of anilines is 1. The standard InChI is InChI=1S/C20H24N2O2/c1-13(2)16-6-5-7-18(11-16)22-19(23)12-21-20(24)17-9-8-14(3)15(4)10-17/h5-11,13H,12H2,1-4H3,(H,21,24)(H,22,23). The van der Waals surface area contributed by atoms with Gasteiger partial charge in [-0.25, -0.2) is 0 Å². The zero-order valence-electron chi connectivity index (χ0n) is 14.6. The maximum Gasteiger partial charge on any atom is 0.251 e. The molecule has 2 amide bonds. The Kier molecular flexibility index (Phi) is 5.74. The summed E-state index contributed by atoms with van der Waals surface area (Å²) in [6.45, 7) is 8.10. The molecule has 0 aliphatic carbocycles.